The lowest BCUT2D eigenvalue weighted by molar-refractivity contribution is 0.0166. The number of carbonyl (C=O) groups excluding carboxylic acids is 1. The Morgan fingerprint density at radius 1 is 1.30 bits per heavy atom. The minimum Gasteiger partial charge on any atom is -0.444 e. The summed E-state index contributed by atoms with van der Waals surface area (Å²) in [5.41, 5.74) is 6.40. The number of aromatic nitrogens is 2. The largest absolute Gasteiger partial charge is 0.444 e. The van der Waals surface area contributed by atoms with Crippen molar-refractivity contribution in [1.29, 1.82) is 0 Å². The molecule has 0 radical (unpaired) electrons. The second-order valence-electron chi connectivity index (χ2n) is 6.25. The molecule has 1 aliphatic rings. The number of likely N-dealkylation sites (tertiary alicyclic amines) is 1. The van der Waals surface area contributed by atoms with Crippen LogP contribution in [-0.2, 0) is 10.3 Å². The monoisotopic (exact) mass is 278 g/mol. The molecule has 0 atom stereocenters. The molecule has 0 spiro atoms. The van der Waals surface area contributed by atoms with Crippen LogP contribution >= 0.6 is 0 Å². The number of carbonyl (C=O) groups is 1. The Morgan fingerprint density at radius 2 is 1.85 bits per heavy atom. The van der Waals surface area contributed by atoms with E-state index in [0.29, 0.717) is 25.9 Å². The average Bonchev–Trinajstić information content (AvgIpc) is 2.38. The van der Waals surface area contributed by atoms with Gasteiger partial charge in [-0.25, -0.2) is 14.8 Å². The lowest BCUT2D eigenvalue weighted by Crippen LogP contribution is -2.50. The molecule has 2 rings (SSSR count). The number of ether oxygens (including phenoxy) is 1. The highest BCUT2D eigenvalue weighted by atomic mass is 16.6. The Bertz CT molecular complexity index is 462. The zero-order valence-electron chi connectivity index (χ0n) is 12.3. The lowest BCUT2D eigenvalue weighted by Gasteiger charge is -2.39. The van der Waals surface area contributed by atoms with Crippen LogP contribution in [0.5, 0.6) is 0 Å². The van der Waals surface area contributed by atoms with E-state index in [1.165, 1.54) is 6.33 Å². The molecule has 1 aromatic rings. The van der Waals surface area contributed by atoms with E-state index in [1.807, 2.05) is 20.8 Å². The number of piperidine rings is 1. The zero-order chi connectivity index (χ0) is 14.8. The van der Waals surface area contributed by atoms with Gasteiger partial charge in [-0.15, -0.1) is 0 Å². The number of nitrogens with zero attached hydrogens (tertiary/aromatic N) is 3. The summed E-state index contributed by atoms with van der Waals surface area (Å²) in [4.78, 5) is 21.7. The van der Waals surface area contributed by atoms with Crippen LogP contribution in [0.15, 0.2) is 18.7 Å². The van der Waals surface area contributed by atoms with Crippen molar-refractivity contribution in [1.82, 2.24) is 14.9 Å². The van der Waals surface area contributed by atoms with Crippen molar-refractivity contribution in [3.8, 4) is 0 Å². The van der Waals surface area contributed by atoms with Gasteiger partial charge in [0, 0.05) is 36.6 Å². The standard InChI is InChI=1S/C14H22N4O2/c1-13(2,3)20-12(19)18-6-4-14(15,5-7-18)11-8-16-10-17-9-11/h8-10H,4-7,15H2,1-3H3. The third-order valence-electron chi connectivity index (χ3n) is 3.44. The van der Waals surface area contributed by atoms with Crippen molar-refractivity contribution in [2.75, 3.05) is 13.1 Å². The molecule has 2 N–H and O–H groups in total. The van der Waals surface area contributed by atoms with E-state index in [9.17, 15) is 4.79 Å². The van der Waals surface area contributed by atoms with Gasteiger partial charge < -0.3 is 15.4 Å². The quantitative estimate of drug-likeness (QED) is 0.845. The Hall–Kier alpha value is -1.69. The first-order valence-electron chi connectivity index (χ1n) is 6.82. The number of nitrogens with two attached hydrogens (primary N) is 1. The third-order valence-corrected chi connectivity index (χ3v) is 3.44. The molecule has 6 heteroatoms. The summed E-state index contributed by atoms with van der Waals surface area (Å²) >= 11 is 0. The van der Waals surface area contributed by atoms with Crippen LogP contribution in [0.4, 0.5) is 4.79 Å². The predicted octanol–water partition coefficient (Wildman–Crippen LogP) is 1.66. The van der Waals surface area contributed by atoms with E-state index in [4.69, 9.17) is 10.5 Å². The summed E-state index contributed by atoms with van der Waals surface area (Å²) < 4.78 is 5.37. The van der Waals surface area contributed by atoms with Gasteiger partial charge in [-0.2, -0.15) is 0 Å². The van der Waals surface area contributed by atoms with E-state index >= 15 is 0 Å². The molecule has 1 fully saturated rings. The van der Waals surface area contributed by atoms with Crippen molar-refractivity contribution < 1.29 is 9.53 Å². The van der Waals surface area contributed by atoms with E-state index in [0.717, 1.165) is 5.56 Å². The molecule has 1 aromatic heterocycles. The van der Waals surface area contributed by atoms with E-state index in [1.54, 1.807) is 17.3 Å². The molecule has 6 nitrogen and oxygen atoms in total. The number of hydrogen-bond donors (Lipinski definition) is 1. The second-order valence-corrected chi connectivity index (χ2v) is 6.25. The van der Waals surface area contributed by atoms with Gasteiger partial charge in [-0.05, 0) is 33.6 Å². The maximum atomic E-state index is 12.0. The molecule has 20 heavy (non-hydrogen) atoms. The van der Waals surface area contributed by atoms with E-state index in [2.05, 4.69) is 9.97 Å². The van der Waals surface area contributed by atoms with Crippen LogP contribution in [0.2, 0.25) is 0 Å². The molecular formula is C14H22N4O2. The van der Waals surface area contributed by atoms with Gasteiger partial charge in [0.2, 0.25) is 0 Å². The molecule has 1 saturated heterocycles. The van der Waals surface area contributed by atoms with Crippen molar-refractivity contribution in [2.45, 2.75) is 44.8 Å². The van der Waals surface area contributed by atoms with Crippen LogP contribution in [0.25, 0.3) is 0 Å². The first-order chi connectivity index (χ1) is 9.30. The smallest absolute Gasteiger partial charge is 0.410 e. The fourth-order valence-corrected chi connectivity index (χ4v) is 2.26. The van der Waals surface area contributed by atoms with Gasteiger partial charge in [-0.3, -0.25) is 0 Å². The topological polar surface area (TPSA) is 81.3 Å². The Balaban J connectivity index is 1.97. The Morgan fingerprint density at radius 3 is 2.35 bits per heavy atom. The maximum absolute atomic E-state index is 12.0. The molecule has 0 aliphatic carbocycles. The van der Waals surface area contributed by atoms with Gasteiger partial charge in [0.1, 0.15) is 11.9 Å². The Kier molecular flexibility index (Phi) is 3.94. The number of hydrogen-bond acceptors (Lipinski definition) is 5. The number of amides is 1. The van der Waals surface area contributed by atoms with Crippen LogP contribution in [0.1, 0.15) is 39.2 Å². The normalized spacial score (nSPS) is 18.7. The van der Waals surface area contributed by atoms with Crippen LogP contribution in [0, 0.1) is 0 Å². The first kappa shape index (κ1) is 14.7. The number of rotatable bonds is 1. The fraction of sp³-hybridized carbons (Fsp3) is 0.643. The van der Waals surface area contributed by atoms with Gasteiger partial charge in [0.25, 0.3) is 0 Å². The van der Waals surface area contributed by atoms with E-state index in [-0.39, 0.29) is 6.09 Å². The first-order valence-corrected chi connectivity index (χ1v) is 6.82. The van der Waals surface area contributed by atoms with Crippen molar-refractivity contribution in [3.05, 3.63) is 24.3 Å². The van der Waals surface area contributed by atoms with Crippen molar-refractivity contribution in [3.63, 3.8) is 0 Å². The van der Waals surface area contributed by atoms with E-state index < -0.39 is 11.1 Å². The van der Waals surface area contributed by atoms with Gasteiger partial charge in [0.05, 0.1) is 0 Å². The van der Waals surface area contributed by atoms with Crippen LogP contribution in [0.3, 0.4) is 0 Å². The van der Waals surface area contributed by atoms with Crippen molar-refractivity contribution in [2.24, 2.45) is 5.73 Å². The summed E-state index contributed by atoms with van der Waals surface area (Å²) in [6, 6.07) is 0. The predicted molar refractivity (Wildman–Crippen MR) is 74.9 cm³/mol. The summed E-state index contributed by atoms with van der Waals surface area (Å²) in [6.07, 6.45) is 6.07. The van der Waals surface area contributed by atoms with Gasteiger partial charge in [-0.1, -0.05) is 0 Å². The molecular weight excluding hydrogens is 256 g/mol. The molecule has 0 aromatic carbocycles. The summed E-state index contributed by atoms with van der Waals surface area (Å²) in [7, 11) is 0. The second kappa shape index (κ2) is 5.36. The molecule has 1 amide bonds. The average molecular weight is 278 g/mol. The third kappa shape index (κ3) is 3.45. The highest BCUT2D eigenvalue weighted by Gasteiger charge is 2.35. The zero-order valence-corrected chi connectivity index (χ0v) is 12.3. The molecule has 1 aliphatic heterocycles. The van der Waals surface area contributed by atoms with Gasteiger partial charge >= 0.3 is 6.09 Å². The molecule has 0 unspecified atom stereocenters. The highest BCUT2D eigenvalue weighted by molar-refractivity contribution is 5.68. The maximum Gasteiger partial charge on any atom is 0.410 e. The molecule has 2 heterocycles. The SMILES string of the molecule is CC(C)(C)OC(=O)N1CCC(N)(c2cncnc2)CC1. The minimum atomic E-state index is -0.471. The van der Waals surface area contributed by atoms with Crippen LogP contribution in [-0.4, -0.2) is 39.7 Å². The summed E-state index contributed by atoms with van der Waals surface area (Å²) in [6.45, 7) is 6.76. The molecule has 0 saturated carbocycles. The van der Waals surface area contributed by atoms with Crippen molar-refractivity contribution >= 4 is 6.09 Å². The fourth-order valence-electron chi connectivity index (χ4n) is 2.26. The van der Waals surface area contributed by atoms with Gasteiger partial charge in [0.15, 0.2) is 0 Å². The summed E-state index contributed by atoms with van der Waals surface area (Å²) in [5, 5.41) is 0. The minimum absolute atomic E-state index is 0.274. The highest BCUT2D eigenvalue weighted by Crippen LogP contribution is 2.29. The molecule has 0 bridgehead atoms. The molecule has 110 valence electrons. The van der Waals surface area contributed by atoms with Crippen LogP contribution < -0.4 is 5.73 Å². The lowest BCUT2D eigenvalue weighted by atomic mass is 9.83. The Labute approximate surface area is 119 Å². The summed E-state index contributed by atoms with van der Waals surface area (Å²) in [5.74, 6) is 0.